The molecule has 2 aliphatic carbocycles. The number of nitrogens with zero attached hydrogens (tertiary/aromatic N) is 3. The van der Waals surface area contributed by atoms with Gasteiger partial charge in [0.1, 0.15) is 5.01 Å². The number of thiazole rings is 1. The minimum atomic E-state index is 0. The number of rotatable bonds is 4. The lowest BCUT2D eigenvalue weighted by Gasteiger charge is -2.21. The highest BCUT2D eigenvalue weighted by molar-refractivity contribution is 14.0. The molecule has 140 valence electrons. The zero-order chi connectivity index (χ0) is 17.2. The number of hydrogen-bond donors (Lipinski definition) is 1. The molecule has 1 saturated carbocycles. The number of aromatic nitrogens is 1. The van der Waals surface area contributed by atoms with Gasteiger partial charge in [0.15, 0.2) is 5.96 Å². The van der Waals surface area contributed by atoms with Crippen LogP contribution in [-0.4, -0.2) is 36.0 Å². The molecule has 2 aliphatic rings. The third-order valence-corrected chi connectivity index (χ3v) is 6.31. The quantitative estimate of drug-likeness (QED) is 0.404. The Morgan fingerprint density at radius 3 is 2.77 bits per heavy atom. The van der Waals surface area contributed by atoms with Gasteiger partial charge >= 0.3 is 0 Å². The van der Waals surface area contributed by atoms with E-state index in [0.717, 1.165) is 18.9 Å². The standard InChI is InChI=1S/C20H26N4S.HI/c1-21-20(23-17-12-15(17)14-8-4-3-5-9-14)24(2)13-19-22-16-10-6-7-11-18(16)25-19;/h3-5,8-9,15,17H,6-7,10-13H2,1-2H3,(H,21,23);1H. The molecule has 0 saturated heterocycles. The second-order valence-corrected chi connectivity index (χ2v) is 8.26. The lowest BCUT2D eigenvalue weighted by molar-refractivity contribution is 0.473. The molecule has 1 N–H and O–H groups in total. The minimum Gasteiger partial charge on any atom is -0.353 e. The van der Waals surface area contributed by atoms with E-state index in [1.54, 1.807) is 0 Å². The molecular formula is C20H27IN4S. The molecule has 0 radical (unpaired) electrons. The first-order chi connectivity index (χ1) is 12.2. The SMILES string of the molecule is CN=C(NC1CC1c1ccccc1)N(C)Cc1nc2c(s1)CCCC2.I. The van der Waals surface area contributed by atoms with Crippen LogP contribution in [0.5, 0.6) is 0 Å². The molecule has 4 rings (SSSR count). The predicted octanol–water partition coefficient (Wildman–Crippen LogP) is 4.20. The summed E-state index contributed by atoms with van der Waals surface area (Å²) in [5.74, 6) is 1.58. The molecular weight excluding hydrogens is 455 g/mol. The highest BCUT2D eigenvalue weighted by atomic mass is 127. The summed E-state index contributed by atoms with van der Waals surface area (Å²) in [6.45, 7) is 0.833. The smallest absolute Gasteiger partial charge is 0.194 e. The molecule has 1 heterocycles. The zero-order valence-electron chi connectivity index (χ0n) is 15.4. The van der Waals surface area contributed by atoms with E-state index >= 15 is 0 Å². The van der Waals surface area contributed by atoms with E-state index in [-0.39, 0.29) is 24.0 Å². The van der Waals surface area contributed by atoms with Gasteiger partial charge in [-0.2, -0.15) is 0 Å². The van der Waals surface area contributed by atoms with E-state index in [1.807, 2.05) is 18.4 Å². The number of benzene rings is 1. The summed E-state index contributed by atoms with van der Waals surface area (Å²) in [6, 6.07) is 11.3. The Labute approximate surface area is 177 Å². The Bertz CT molecular complexity index is 735. The molecule has 0 bridgehead atoms. The molecule has 2 atom stereocenters. The monoisotopic (exact) mass is 482 g/mol. The van der Waals surface area contributed by atoms with Crippen molar-refractivity contribution in [1.82, 2.24) is 15.2 Å². The lowest BCUT2D eigenvalue weighted by atomic mass is 10.0. The maximum atomic E-state index is 4.86. The molecule has 0 aliphatic heterocycles. The van der Waals surface area contributed by atoms with E-state index in [2.05, 4.69) is 52.6 Å². The average molecular weight is 482 g/mol. The maximum absolute atomic E-state index is 4.86. The number of guanidine groups is 1. The Kier molecular flexibility index (Phi) is 6.55. The Morgan fingerprint density at radius 1 is 1.27 bits per heavy atom. The number of nitrogens with one attached hydrogen (secondary N) is 1. The van der Waals surface area contributed by atoms with Crippen LogP contribution >= 0.6 is 35.3 Å². The van der Waals surface area contributed by atoms with E-state index in [9.17, 15) is 0 Å². The van der Waals surface area contributed by atoms with Gasteiger partial charge in [-0.1, -0.05) is 30.3 Å². The summed E-state index contributed by atoms with van der Waals surface area (Å²) in [7, 11) is 3.97. The van der Waals surface area contributed by atoms with Crippen molar-refractivity contribution >= 4 is 41.3 Å². The molecule has 0 spiro atoms. The summed E-state index contributed by atoms with van der Waals surface area (Å²) in [5, 5.41) is 4.84. The fourth-order valence-electron chi connectivity index (χ4n) is 3.69. The van der Waals surface area contributed by atoms with Crippen molar-refractivity contribution in [3.8, 4) is 0 Å². The van der Waals surface area contributed by atoms with Crippen LogP contribution in [0.25, 0.3) is 0 Å². The molecule has 2 unspecified atom stereocenters. The summed E-state index contributed by atoms with van der Waals surface area (Å²) < 4.78 is 0. The summed E-state index contributed by atoms with van der Waals surface area (Å²) in [4.78, 5) is 13.0. The van der Waals surface area contributed by atoms with Crippen LogP contribution in [0, 0.1) is 0 Å². The van der Waals surface area contributed by atoms with Gasteiger partial charge in [-0.15, -0.1) is 35.3 Å². The van der Waals surface area contributed by atoms with E-state index < -0.39 is 0 Å². The van der Waals surface area contributed by atoms with Crippen molar-refractivity contribution in [3.05, 3.63) is 51.5 Å². The molecule has 1 aromatic heterocycles. The Balaban J connectivity index is 0.00000196. The summed E-state index contributed by atoms with van der Waals surface area (Å²) >= 11 is 1.89. The van der Waals surface area contributed by atoms with Crippen LogP contribution in [0.2, 0.25) is 0 Å². The minimum absolute atomic E-state index is 0. The average Bonchev–Trinajstić information content (AvgIpc) is 3.30. The number of hydrogen-bond acceptors (Lipinski definition) is 3. The maximum Gasteiger partial charge on any atom is 0.194 e. The van der Waals surface area contributed by atoms with Gasteiger partial charge in [0.25, 0.3) is 0 Å². The van der Waals surface area contributed by atoms with Gasteiger partial charge in [-0.25, -0.2) is 4.98 Å². The van der Waals surface area contributed by atoms with Crippen LogP contribution in [0.1, 0.15) is 46.3 Å². The van der Waals surface area contributed by atoms with Gasteiger partial charge in [-0.3, -0.25) is 4.99 Å². The van der Waals surface area contributed by atoms with Crippen LogP contribution in [0.3, 0.4) is 0 Å². The fourth-order valence-corrected chi connectivity index (χ4v) is 4.90. The van der Waals surface area contributed by atoms with Crippen LogP contribution in [0.15, 0.2) is 35.3 Å². The highest BCUT2D eigenvalue weighted by Crippen LogP contribution is 2.40. The van der Waals surface area contributed by atoms with Crippen molar-refractivity contribution in [2.75, 3.05) is 14.1 Å². The van der Waals surface area contributed by atoms with Gasteiger partial charge in [0.05, 0.1) is 12.2 Å². The van der Waals surface area contributed by atoms with Gasteiger partial charge in [0, 0.05) is 30.9 Å². The number of fused-ring (bicyclic) bond motifs is 1. The van der Waals surface area contributed by atoms with Crippen molar-refractivity contribution < 1.29 is 0 Å². The third kappa shape index (κ3) is 4.39. The van der Waals surface area contributed by atoms with Crippen LogP contribution < -0.4 is 5.32 Å². The first-order valence-corrected chi connectivity index (χ1v) is 10.0. The first-order valence-electron chi connectivity index (χ1n) is 9.21. The molecule has 26 heavy (non-hydrogen) atoms. The Morgan fingerprint density at radius 2 is 2.04 bits per heavy atom. The number of aliphatic imine (C=N–C) groups is 1. The molecule has 6 heteroatoms. The molecule has 2 aromatic rings. The summed E-state index contributed by atoms with van der Waals surface area (Å²) in [5.41, 5.74) is 2.76. The van der Waals surface area contributed by atoms with Crippen molar-refractivity contribution in [3.63, 3.8) is 0 Å². The zero-order valence-corrected chi connectivity index (χ0v) is 18.6. The highest BCUT2D eigenvalue weighted by Gasteiger charge is 2.39. The molecule has 1 aromatic carbocycles. The second-order valence-electron chi connectivity index (χ2n) is 7.09. The van der Waals surface area contributed by atoms with E-state index in [0.29, 0.717) is 12.0 Å². The first kappa shape index (κ1) is 19.6. The number of halogens is 1. The predicted molar refractivity (Wildman–Crippen MR) is 120 cm³/mol. The van der Waals surface area contributed by atoms with E-state index in [1.165, 1.54) is 46.8 Å². The number of aryl methyl sites for hydroxylation is 2. The molecule has 1 fully saturated rings. The fraction of sp³-hybridized carbons (Fsp3) is 0.500. The van der Waals surface area contributed by atoms with Crippen molar-refractivity contribution in [2.24, 2.45) is 4.99 Å². The topological polar surface area (TPSA) is 40.5 Å². The lowest BCUT2D eigenvalue weighted by Crippen LogP contribution is -2.40. The van der Waals surface area contributed by atoms with Crippen molar-refractivity contribution in [2.45, 2.75) is 50.6 Å². The van der Waals surface area contributed by atoms with Gasteiger partial charge in [0.2, 0.25) is 0 Å². The Hall–Kier alpha value is -1.15. The second kappa shape index (κ2) is 8.69. The van der Waals surface area contributed by atoms with Crippen LogP contribution in [0.4, 0.5) is 0 Å². The van der Waals surface area contributed by atoms with Gasteiger partial charge < -0.3 is 10.2 Å². The van der Waals surface area contributed by atoms with E-state index in [4.69, 9.17) is 4.98 Å². The normalized spacial score (nSPS) is 21.5. The third-order valence-electron chi connectivity index (χ3n) is 5.17. The largest absolute Gasteiger partial charge is 0.353 e. The van der Waals surface area contributed by atoms with Gasteiger partial charge in [-0.05, 0) is 37.7 Å². The van der Waals surface area contributed by atoms with Crippen molar-refractivity contribution in [1.29, 1.82) is 0 Å². The van der Waals surface area contributed by atoms with Crippen LogP contribution in [-0.2, 0) is 19.4 Å². The molecule has 0 amide bonds. The molecule has 4 nitrogen and oxygen atoms in total. The summed E-state index contributed by atoms with van der Waals surface area (Å²) in [6.07, 6.45) is 6.16.